The van der Waals surface area contributed by atoms with Gasteiger partial charge in [-0.15, -0.1) is 0 Å². The summed E-state index contributed by atoms with van der Waals surface area (Å²) in [5, 5.41) is 18.7. The minimum Gasteiger partial charge on any atom is -0.508 e. The largest absolute Gasteiger partial charge is 0.508 e. The highest BCUT2D eigenvalue weighted by Gasteiger charge is 2.15. The lowest BCUT2D eigenvalue weighted by molar-refractivity contribution is 0.153. The number of benzene rings is 1. The summed E-state index contributed by atoms with van der Waals surface area (Å²) in [6, 6.07) is 3.71. The molecule has 0 spiro atoms. The van der Waals surface area contributed by atoms with Crippen LogP contribution in [0.1, 0.15) is 12.0 Å². The first-order chi connectivity index (χ1) is 6.58. The second-order valence-electron chi connectivity index (χ2n) is 2.84. The van der Waals surface area contributed by atoms with E-state index in [-0.39, 0.29) is 16.4 Å². The normalized spacial score (nSPS) is 11.4. The van der Waals surface area contributed by atoms with Crippen LogP contribution in [0.4, 0.5) is 8.78 Å². The van der Waals surface area contributed by atoms with E-state index in [0.717, 1.165) is 17.4 Å². The van der Waals surface area contributed by atoms with Crippen molar-refractivity contribution < 1.29 is 19.0 Å². The minimum atomic E-state index is -2.65. The first-order valence-electron chi connectivity index (χ1n) is 3.81. The summed E-state index contributed by atoms with van der Waals surface area (Å²) in [4.78, 5) is 0. The number of phenols is 1. The number of alkyl halides is 2. The molecule has 0 saturated carbocycles. The molecule has 0 aliphatic rings. The zero-order chi connectivity index (χ0) is 10.3. The third-order valence-corrected chi connectivity index (χ3v) is 2.85. The third kappa shape index (κ3) is 1.39. The van der Waals surface area contributed by atoms with Crippen LogP contribution in [-0.4, -0.2) is 10.2 Å². The molecule has 1 heterocycles. The zero-order valence-electron chi connectivity index (χ0n) is 6.87. The molecule has 0 atom stereocenters. The Kier molecular flexibility index (Phi) is 2.03. The monoisotopic (exact) mass is 216 g/mol. The first kappa shape index (κ1) is 9.21. The first-order valence-corrected chi connectivity index (χ1v) is 4.63. The number of phenolic OH excluding ortho intramolecular Hbond substituents is 1. The van der Waals surface area contributed by atoms with Gasteiger partial charge >= 0.3 is 0 Å². The number of aromatic hydroxyl groups is 2. The number of halogens is 2. The molecule has 2 aromatic rings. The topological polar surface area (TPSA) is 40.5 Å². The maximum Gasteiger partial charge on any atom is 0.265 e. The fourth-order valence-electron chi connectivity index (χ4n) is 1.31. The smallest absolute Gasteiger partial charge is 0.265 e. The molecule has 14 heavy (non-hydrogen) atoms. The Morgan fingerprint density at radius 2 is 1.86 bits per heavy atom. The highest BCUT2D eigenvalue weighted by Crippen LogP contribution is 2.39. The van der Waals surface area contributed by atoms with E-state index in [1.54, 1.807) is 0 Å². The summed E-state index contributed by atoms with van der Waals surface area (Å²) >= 11 is 0.880. The van der Waals surface area contributed by atoms with Crippen molar-refractivity contribution in [3.8, 4) is 10.8 Å². The molecule has 1 aromatic heterocycles. The number of hydrogen-bond acceptors (Lipinski definition) is 3. The average molecular weight is 216 g/mol. The van der Waals surface area contributed by atoms with Gasteiger partial charge in [-0.2, -0.15) is 0 Å². The van der Waals surface area contributed by atoms with Gasteiger partial charge in [0, 0.05) is 15.6 Å². The lowest BCUT2D eigenvalue weighted by atomic mass is 10.1. The van der Waals surface area contributed by atoms with Gasteiger partial charge in [0.25, 0.3) is 6.43 Å². The van der Waals surface area contributed by atoms with Gasteiger partial charge in [-0.1, -0.05) is 11.3 Å². The van der Waals surface area contributed by atoms with Crippen LogP contribution in [0.2, 0.25) is 0 Å². The number of rotatable bonds is 1. The van der Waals surface area contributed by atoms with Gasteiger partial charge in [-0.05, 0) is 18.2 Å². The van der Waals surface area contributed by atoms with Gasteiger partial charge in [0.15, 0.2) is 5.06 Å². The molecule has 0 saturated heterocycles. The van der Waals surface area contributed by atoms with Crippen molar-refractivity contribution in [3.05, 3.63) is 23.8 Å². The molecule has 0 aliphatic carbocycles. The van der Waals surface area contributed by atoms with Gasteiger partial charge in [0.2, 0.25) is 0 Å². The summed E-state index contributed by atoms with van der Waals surface area (Å²) < 4.78 is 25.3. The molecule has 2 nitrogen and oxygen atoms in total. The molecule has 2 N–H and O–H groups in total. The highest BCUT2D eigenvalue weighted by atomic mass is 32.1. The van der Waals surface area contributed by atoms with Crippen molar-refractivity contribution in [2.75, 3.05) is 0 Å². The van der Waals surface area contributed by atoms with Gasteiger partial charge in [0.1, 0.15) is 5.75 Å². The van der Waals surface area contributed by atoms with Crippen LogP contribution in [0.3, 0.4) is 0 Å². The average Bonchev–Trinajstić information content (AvgIpc) is 2.42. The van der Waals surface area contributed by atoms with Crippen molar-refractivity contribution in [1.29, 1.82) is 0 Å². The van der Waals surface area contributed by atoms with E-state index in [1.807, 2.05) is 0 Å². The molecular formula is C9H6F2O2S. The van der Waals surface area contributed by atoms with E-state index in [9.17, 15) is 8.78 Å². The molecule has 0 bridgehead atoms. The van der Waals surface area contributed by atoms with E-state index < -0.39 is 6.43 Å². The van der Waals surface area contributed by atoms with E-state index in [0.29, 0.717) is 10.1 Å². The highest BCUT2D eigenvalue weighted by molar-refractivity contribution is 7.20. The quantitative estimate of drug-likeness (QED) is 0.768. The zero-order valence-corrected chi connectivity index (χ0v) is 7.68. The summed E-state index contributed by atoms with van der Waals surface area (Å²) in [6.45, 7) is 0. The Labute approximate surface area is 82.0 Å². The second kappa shape index (κ2) is 3.09. The molecule has 2 rings (SSSR count). The van der Waals surface area contributed by atoms with Crippen LogP contribution >= 0.6 is 11.3 Å². The van der Waals surface area contributed by atoms with Crippen LogP contribution < -0.4 is 0 Å². The number of fused-ring (bicyclic) bond motifs is 1. The Morgan fingerprint density at radius 1 is 1.14 bits per heavy atom. The van der Waals surface area contributed by atoms with E-state index in [1.165, 1.54) is 12.1 Å². The van der Waals surface area contributed by atoms with Gasteiger partial charge < -0.3 is 10.2 Å². The number of thiophene rings is 1. The summed E-state index contributed by atoms with van der Waals surface area (Å²) in [7, 11) is 0. The molecule has 0 amide bonds. The predicted molar refractivity (Wildman–Crippen MR) is 50.1 cm³/mol. The number of hydrogen-bond donors (Lipinski definition) is 2. The Balaban J connectivity index is 2.79. The molecular weight excluding hydrogens is 210 g/mol. The lowest BCUT2D eigenvalue weighted by Gasteiger charge is -2.01. The second-order valence-corrected chi connectivity index (χ2v) is 3.87. The maximum atomic E-state index is 12.5. The predicted octanol–water partition coefficient (Wildman–Crippen LogP) is 3.25. The lowest BCUT2D eigenvalue weighted by Crippen LogP contribution is -1.83. The molecule has 0 radical (unpaired) electrons. The van der Waals surface area contributed by atoms with Crippen LogP contribution in [0.5, 0.6) is 10.8 Å². The molecule has 1 aromatic carbocycles. The fourth-order valence-corrected chi connectivity index (χ4v) is 2.21. The Hall–Kier alpha value is -1.36. The molecule has 0 fully saturated rings. The van der Waals surface area contributed by atoms with E-state index >= 15 is 0 Å². The van der Waals surface area contributed by atoms with E-state index in [4.69, 9.17) is 10.2 Å². The van der Waals surface area contributed by atoms with Gasteiger partial charge in [0.05, 0.1) is 0 Å². The van der Waals surface area contributed by atoms with Crippen molar-refractivity contribution in [2.45, 2.75) is 6.43 Å². The molecule has 0 aliphatic heterocycles. The summed E-state index contributed by atoms with van der Waals surface area (Å²) in [6.07, 6.45) is -2.65. The molecule has 74 valence electrons. The standard InChI is InChI=1S/C9H6F2O2S/c10-9(11)6-3-5(12)1-4-2-7(13)14-8(4)6/h1-3,9,12-13H. The Morgan fingerprint density at radius 3 is 2.50 bits per heavy atom. The van der Waals surface area contributed by atoms with E-state index in [2.05, 4.69) is 0 Å². The van der Waals surface area contributed by atoms with Crippen molar-refractivity contribution in [1.82, 2.24) is 0 Å². The third-order valence-electron chi connectivity index (χ3n) is 1.85. The van der Waals surface area contributed by atoms with Crippen LogP contribution in [-0.2, 0) is 0 Å². The van der Waals surface area contributed by atoms with Crippen LogP contribution in [0.25, 0.3) is 10.1 Å². The van der Waals surface area contributed by atoms with Crippen molar-refractivity contribution in [2.24, 2.45) is 0 Å². The summed E-state index contributed by atoms with van der Waals surface area (Å²) in [5.74, 6) is -0.217. The summed E-state index contributed by atoms with van der Waals surface area (Å²) in [5.41, 5.74) is -0.245. The van der Waals surface area contributed by atoms with Crippen molar-refractivity contribution >= 4 is 21.4 Å². The molecule has 0 unspecified atom stereocenters. The fraction of sp³-hybridized carbons (Fsp3) is 0.111. The van der Waals surface area contributed by atoms with Crippen molar-refractivity contribution in [3.63, 3.8) is 0 Å². The van der Waals surface area contributed by atoms with Crippen LogP contribution in [0, 0.1) is 0 Å². The SMILES string of the molecule is Oc1cc(C(F)F)c2sc(O)cc2c1. The Bertz CT molecular complexity index is 479. The molecule has 5 heteroatoms. The maximum absolute atomic E-state index is 12.5. The minimum absolute atomic E-state index is 0.0347. The van der Waals surface area contributed by atoms with Gasteiger partial charge in [-0.3, -0.25) is 0 Å². The van der Waals surface area contributed by atoms with Crippen LogP contribution in [0.15, 0.2) is 18.2 Å². The van der Waals surface area contributed by atoms with Gasteiger partial charge in [-0.25, -0.2) is 8.78 Å².